The Labute approximate surface area is 124 Å². The zero-order valence-corrected chi connectivity index (χ0v) is 12.2. The van der Waals surface area contributed by atoms with Gasteiger partial charge in [-0.25, -0.2) is 4.68 Å². The normalized spacial score (nSPS) is 10.8. The van der Waals surface area contributed by atoms with Gasteiger partial charge < -0.3 is 5.11 Å². The van der Waals surface area contributed by atoms with Crippen LogP contribution in [0.25, 0.3) is 16.9 Å². The van der Waals surface area contributed by atoms with E-state index in [4.69, 9.17) is 0 Å². The van der Waals surface area contributed by atoms with Gasteiger partial charge in [-0.2, -0.15) is 5.10 Å². The quantitative estimate of drug-likeness (QED) is 0.794. The molecule has 0 saturated carbocycles. The Kier molecular flexibility index (Phi) is 3.59. The van der Waals surface area contributed by atoms with Gasteiger partial charge in [-0.1, -0.05) is 36.4 Å². The Bertz CT molecular complexity index is 760. The van der Waals surface area contributed by atoms with Crippen LogP contribution in [0.1, 0.15) is 16.8 Å². The molecule has 1 N–H and O–H groups in total. The lowest BCUT2D eigenvalue weighted by Gasteiger charge is -2.09. The third-order valence-corrected chi connectivity index (χ3v) is 3.73. The molecule has 3 heteroatoms. The van der Waals surface area contributed by atoms with Gasteiger partial charge in [-0.3, -0.25) is 0 Å². The molecule has 0 aliphatic rings. The molecule has 3 rings (SSSR count). The molecule has 3 aromatic rings. The highest BCUT2D eigenvalue weighted by Gasteiger charge is 2.11. The molecule has 0 aliphatic heterocycles. The Hall–Kier alpha value is -2.39. The van der Waals surface area contributed by atoms with Crippen LogP contribution < -0.4 is 0 Å². The number of aliphatic hydroxyl groups excluding tert-OH is 1. The second kappa shape index (κ2) is 5.54. The highest BCUT2D eigenvalue weighted by molar-refractivity contribution is 5.62. The van der Waals surface area contributed by atoms with Gasteiger partial charge in [0.15, 0.2) is 0 Å². The summed E-state index contributed by atoms with van der Waals surface area (Å²) in [6.45, 7) is 4.13. The molecule has 0 fully saturated rings. The van der Waals surface area contributed by atoms with Crippen LogP contribution in [0, 0.1) is 13.8 Å². The van der Waals surface area contributed by atoms with Crippen molar-refractivity contribution in [3.05, 3.63) is 71.4 Å². The number of rotatable bonds is 3. The highest BCUT2D eigenvalue weighted by Crippen LogP contribution is 2.25. The topological polar surface area (TPSA) is 38.0 Å². The predicted octanol–water partition coefficient (Wildman–Crippen LogP) is 3.65. The summed E-state index contributed by atoms with van der Waals surface area (Å²) in [7, 11) is 0. The summed E-state index contributed by atoms with van der Waals surface area (Å²) in [4.78, 5) is 0. The molecule has 0 bridgehead atoms. The van der Waals surface area contributed by atoms with Gasteiger partial charge >= 0.3 is 0 Å². The molecule has 0 atom stereocenters. The standard InChI is InChI=1S/C18H18N2O/c1-13-8-9-17(10-14(13)2)20-18(11-16(12-21)19-20)15-6-4-3-5-7-15/h3-11,21H,12H2,1-2H3. The van der Waals surface area contributed by atoms with E-state index in [1.165, 1.54) is 11.1 Å². The molecule has 1 aromatic heterocycles. The van der Waals surface area contributed by atoms with E-state index in [1.54, 1.807) is 0 Å². The molecular weight excluding hydrogens is 260 g/mol. The fraction of sp³-hybridized carbons (Fsp3) is 0.167. The average molecular weight is 278 g/mol. The van der Waals surface area contributed by atoms with Crippen LogP contribution in [0.5, 0.6) is 0 Å². The Morgan fingerprint density at radius 2 is 1.71 bits per heavy atom. The number of aliphatic hydroxyl groups is 1. The zero-order valence-electron chi connectivity index (χ0n) is 12.2. The van der Waals surface area contributed by atoms with Crippen molar-refractivity contribution < 1.29 is 5.11 Å². The summed E-state index contributed by atoms with van der Waals surface area (Å²) < 4.78 is 1.90. The minimum atomic E-state index is -0.0579. The van der Waals surface area contributed by atoms with Crippen molar-refractivity contribution in [3.63, 3.8) is 0 Å². The largest absolute Gasteiger partial charge is 0.390 e. The van der Waals surface area contributed by atoms with Crippen LogP contribution in [-0.2, 0) is 6.61 Å². The predicted molar refractivity (Wildman–Crippen MR) is 84.4 cm³/mol. The van der Waals surface area contributed by atoms with E-state index in [-0.39, 0.29) is 6.61 Å². The first kappa shape index (κ1) is 13.6. The Morgan fingerprint density at radius 3 is 2.38 bits per heavy atom. The van der Waals surface area contributed by atoms with Crippen molar-refractivity contribution in [3.8, 4) is 16.9 Å². The first-order chi connectivity index (χ1) is 10.2. The van der Waals surface area contributed by atoms with Crippen LogP contribution in [0.4, 0.5) is 0 Å². The molecule has 106 valence electrons. The Balaban J connectivity index is 2.17. The van der Waals surface area contributed by atoms with E-state index in [2.05, 4.69) is 49.3 Å². The average Bonchev–Trinajstić information content (AvgIpc) is 2.95. The molecule has 0 unspecified atom stereocenters. The lowest BCUT2D eigenvalue weighted by Crippen LogP contribution is -2.00. The number of aryl methyl sites for hydroxylation is 2. The van der Waals surface area contributed by atoms with E-state index >= 15 is 0 Å². The molecule has 1 heterocycles. The van der Waals surface area contributed by atoms with Crippen LogP contribution in [0.2, 0.25) is 0 Å². The summed E-state index contributed by atoms with van der Waals surface area (Å²) in [5.41, 5.74) is 6.25. The second-order valence-corrected chi connectivity index (χ2v) is 5.23. The van der Waals surface area contributed by atoms with E-state index < -0.39 is 0 Å². The minimum Gasteiger partial charge on any atom is -0.390 e. The third-order valence-electron chi connectivity index (χ3n) is 3.73. The monoisotopic (exact) mass is 278 g/mol. The van der Waals surface area contributed by atoms with Crippen LogP contribution >= 0.6 is 0 Å². The van der Waals surface area contributed by atoms with Crippen molar-refractivity contribution in [2.75, 3.05) is 0 Å². The first-order valence-corrected chi connectivity index (χ1v) is 7.02. The van der Waals surface area contributed by atoms with Gasteiger partial charge in [-0.15, -0.1) is 0 Å². The maximum absolute atomic E-state index is 9.39. The zero-order chi connectivity index (χ0) is 14.8. The fourth-order valence-corrected chi connectivity index (χ4v) is 2.38. The van der Waals surface area contributed by atoms with Crippen molar-refractivity contribution in [1.82, 2.24) is 9.78 Å². The van der Waals surface area contributed by atoms with Gasteiger partial charge in [0.05, 0.1) is 23.7 Å². The lowest BCUT2D eigenvalue weighted by molar-refractivity contribution is 0.276. The van der Waals surface area contributed by atoms with E-state index in [0.717, 1.165) is 16.9 Å². The third kappa shape index (κ3) is 2.60. The first-order valence-electron chi connectivity index (χ1n) is 7.02. The maximum Gasteiger partial charge on any atom is 0.0889 e. The van der Waals surface area contributed by atoms with Crippen molar-refractivity contribution in [2.45, 2.75) is 20.5 Å². The fourth-order valence-electron chi connectivity index (χ4n) is 2.38. The van der Waals surface area contributed by atoms with E-state index in [1.807, 2.05) is 28.9 Å². The highest BCUT2D eigenvalue weighted by atomic mass is 16.3. The number of benzene rings is 2. The van der Waals surface area contributed by atoms with E-state index in [9.17, 15) is 5.11 Å². The van der Waals surface area contributed by atoms with Crippen molar-refractivity contribution in [1.29, 1.82) is 0 Å². The number of nitrogens with zero attached hydrogens (tertiary/aromatic N) is 2. The van der Waals surface area contributed by atoms with Gasteiger partial charge in [-0.05, 0) is 43.2 Å². The number of hydrogen-bond acceptors (Lipinski definition) is 2. The molecule has 21 heavy (non-hydrogen) atoms. The van der Waals surface area contributed by atoms with Crippen LogP contribution in [0.3, 0.4) is 0 Å². The molecule has 0 saturated heterocycles. The number of hydrogen-bond donors (Lipinski definition) is 1. The maximum atomic E-state index is 9.39. The molecule has 3 nitrogen and oxygen atoms in total. The Morgan fingerprint density at radius 1 is 0.952 bits per heavy atom. The minimum absolute atomic E-state index is 0.0579. The van der Waals surface area contributed by atoms with Gasteiger partial charge in [0, 0.05) is 5.56 Å². The summed E-state index contributed by atoms with van der Waals surface area (Å²) in [5.74, 6) is 0. The summed E-state index contributed by atoms with van der Waals surface area (Å²) in [6.07, 6.45) is 0. The summed E-state index contributed by atoms with van der Waals surface area (Å²) in [5, 5.41) is 13.9. The second-order valence-electron chi connectivity index (χ2n) is 5.23. The number of aromatic nitrogens is 2. The van der Waals surface area contributed by atoms with Gasteiger partial charge in [0.2, 0.25) is 0 Å². The van der Waals surface area contributed by atoms with Crippen molar-refractivity contribution >= 4 is 0 Å². The van der Waals surface area contributed by atoms with Crippen LogP contribution in [-0.4, -0.2) is 14.9 Å². The van der Waals surface area contributed by atoms with Gasteiger partial charge in [0.1, 0.15) is 0 Å². The molecule has 2 aromatic carbocycles. The van der Waals surface area contributed by atoms with E-state index in [0.29, 0.717) is 5.69 Å². The van der Waals surface area contributed by atoms with Crippen LogP contribution in [0.15, 0.2) is 54.6 Å². The molecule has 0 radical (unpaired) electrons. The summed E-state index contributed by atoms with van der Waals surface area (Å²) in [6, 6.07) is 18.3. The molecule has 0 amide bonds. The molecule has 0 spiro atoms. The van der Waals surface area contributed by atoms with Gasteiger partial charge in [0.25, 0.3) is 0 Å². The lowest BCUT2D eigenvalue weighted by atomic mass is 10.1. The molecular formula is C18H18N2O. The molecule has 0 aliphatic carbocycles. The SMILES string of the molecule is Cc1ccc(-n2nc(CO)cc2-c2ccccc2)cc1C. The smallest absolute Gasteiger partial charge is 0.0889 e. The van der Waals surface area contributed by atoms with Crippen molar-refractivity contribution in [2.24, 2.45) is 0 Å². The summed E-state index contributed by atoms with van der Waals surface area (Å²) >= 11 is 0.